The predicted molar refractivity (Wildman–Crippen MR) is 88.2 cm³/mol. The molecule has 0 bridgehead atoms. The third-order valence-corrected chi connectivity index (χ3v) is 3.40. The Hall–Kier alpha value is -1.70. The molecule has 0 aromatic carbocycles. The number of hydrogen-bond donors (Lipinski definition) is 2. The number of hydrogen-bond acceptors (Lipinski definition) is 7. The van der Waals surface area contributed by atoms with Crippen molar-refractivity contribution < 1.29 is 34.0 Å². The summed E-state index contributed by atoms with van der Waals surface area (Å²) in [6.07, 6.45) is -0.509. The molecule has 0 heterocycles. The van der Waals surface area contributed by atoms with E-state index in [1.165, 1.54) is 13.8 Å². The molecule has 0 saturated carbocycles. The van der Waals surface area contributed by atoms with E-state index in [0.717, 1.165) is 0 Å². The number of aliphatic hydroxyl groups is 2. The van der Waals surface area contributed by atoms with Crippen LogP contribution in [0.25, 0.3) is 0 Å². The van der Waals surface area contributed by atoms with Crippen molar-refractivity contribution in [3.05, 3.63) is 24.3 Å². The number of carbonyl (C=O) groups excluding carboxylic acids is 2. The van der Waals surface area contributed by atoms with Gasteiger partial charge in [-0.1, -0.05) is 20.1 Å². The highest BCUT2D eigenvalue weighted by atomic mass is 16.6. The molecule has 0 aromatic rings. The molecule has 0 aromatic heterocycles. The molecule has 1 atom stereocenters. The van der Waals surface area contributed by atoms with E-state index in [4.69, 9.17) is 19.3 Å². The number of carbonyl (C=O) groups is 2. The van der Waals surface area contributed by atoms with E-state index in [0.29, 0.717) is 6.42 Å². The van der Waals surface area contributed by atoms with Gasteiger partial charge in [0.05, 0.1) is 25.2 Å². The summed E-state index contributed by atoms with van der Waals surface area (Å²) in [5.41, 5.74) is -0.253. The zero-order valence-corrected chi connectivity index (χ0v) is 14.7. The largest absolute Gasteiger partial charge is 0.462 e. The van der Waals surface area contributed by atoms with Crippen molar-refractivity contribution in [2.24, 2.45) is 5.41 Å². The first-order chi connectivity index (χ1) is 11.2. The summed E-state index contributed by atoms with van der Waals surface area (Å²) in [6.45, 7) is 11.4. The van der Waals surface area contributed by atoms with Crippen LogP contribution in [0, 0.1) is 5.41 Å². The molecule has 0 rings (SSSR count). The van der Waals surface area contributed by atoms with Gasteiger partial charge in [-0.3, -0.25) is 0 Å². The van der Waals surface area contributed by atoms with Crippen LogP contribution >= 0.6 is 0 Å². The first-order valence-electron chi connectivity index (χ1n) is 7.69. The summed E-state index contributed by atoms with van der Waals surface area (Å²) in [7, 11) is 0. The van der Waals surface area contributed by atoms with Gasteiger partial charge in [0.1, 0.15) is 19.3 Å². The highest BCUT2D eigenvalue weighted by Gasteiger charge is 2.33. The summed E-state index contributed by atoms with van der Waals surface area (Å²) in [6, 6.07) is 0. The lowest BCUT2D eigenvalue weighted by atomic mass is 9.88. The smallest absolute Gasteiger partial charge is 0.333 e. The van der Waals surface area contributed by atoms with Gasteiger partial charge in [-0.25, -0.2) is 9.59 Å². The average molecular weight is 344 g/mol. The topological polar surface area (TPSA) is 102 Å². The maximum atomic E-state index is 11.6. The minimum absolute atomic E-state index is 0.0338. The summed E-state index contributed by atoms with van der Waals surface area (Å²) >= 11 is 0. The summed E-state index contributed by atoms with van der Waals surface area (Å²) in [5.74, 6) is -1.09. The van der Waals surface area contributed by atoms with Gasteiger partial charge in [0.2, 0.25) is 0 Å². The minimum atomic E-state index is -1.00. The van der Waals surface area contributed by atoms with Crippen LogP contribution in [0.2, 0.25) is 0 Å². The summed E-state index contributed by atoms with van der Waals surface area (Å²) < 4.78 is 15.8. The molecule has 0 saturated heterocycles. The van der Waals surface area contributed by atoms with Crippen LogP contribution in [0.5, 0.6) is 0 Å². The van der Waals surface area contributed by atoms with Gasteiger partial charge in [-0.05, 0) is 20.3 Å². The van der Waals surface area contributed by atoms with Crippen molar-refractivity contribution in [3.8, 4) is 0 Å². The Morgan fingerprint density at radius 2 is 1.50 bits per heavy atom. The van der Waals surface area contributed by atoms with E-state index in [-0.39, 0.29) is 37.6 Å². The Kier molecular flexibility index (Phi) is 10.2. The maximum absolute atomic E-state index is 11.6. The zero-order chi connectivity index (χ0) is 18.8. The van der Waals surface area contributed by atoms with Crippen molar-refractivity contribution in [1.82, 2.24) is 0 Å². The quantitative estimate of drug-likeness (QED) is 0.402. The molecule has 0 radical (unpaired) electrons. The molecular weight excluding hydrogens is 316 g/mol. The molecule has 0 aliphatic heterocycles. The standard InChI is InChI=1S/C17H28O7/c1-6-17(9-22-8-14(19)7-18,10-23-15(20)12(2)3)11-24-16(21)13(4)5/h14,18-19H,2,4,6-11H2,1,3,5H3. The molecule has 7 heteroatoms. The first-order valence-corrected chi connectivity index (χ1v) is 7.69. The number of ether oxygens (including phenoxy) is 3. The summed E-state index contributed by atoms with van der Waals surface area (Å²) in [5, 5.41) is 18.1. The van der Waals surface area contributed by atoms with Crippen molar-refractivity contribution >= 4 is 11.9 Å². The van der Waals surface area contributed by atoms with Gasteiger partial charge in [0.25, 0.3) is 0 Å². The second kappa shape index (κ2) is 11.0. The van der Waals surface area contributed by atoms with Crippen LogP contribution in [0.4, 0.5) is 0 Å². The number of esters is 2. The molecule has 24 heavy (non-hydrogen) atoms. The normalized spacial score (nSPS) is 12.4. The zero-order valence-electron chi connectivity index (χ0n) is 14.7. The van der Waals surface area contributed by atoms with Gasteiger partial charge in [0.15, 0.2) is 0 Å². The molecule has 7 nitrogen and oxygen atoms in total. The summed E-state index contributed by atoms with van der Waals surface area (Å²) in [4.78, 5) is 23.2. The Bertz CT molecular complexity index is 426. The van der Waals surface area contributed by atoms with Crippen LogP contribution < -0.4 is 0 Å². The van der Waals surface area contributed by atoms with Crippen molar-refractivity contribution in [2.75, 3.05) is 33.0 Å². The third-order valence-electron chi connectivity index (χ3n) is 3.40. The molecule has 0 fully saturated rings. The third kappa shape index (κ3) is 8.24. The first kappa shape index (κ1) is 22.3. The SMILES string of the molecule is C=C(C)C(=O)OCC(CC)(COCC(O)CO)COC(=O)C(=C)C. The average Bonchev–Trinajstić information content (AvgIpc) is 2.55. The van der Waals surface area contributed by atoms with Gasteiger partial charge in [-0.2, -0.15) is 0 Å². The van der Waals surface area contributed by atoms with Crippen molar-refractivity contribution in [2.45, 2.75) is 33.3 Å². The Labute approximate surface area is 142 Å². The lowest BCUT2D eigenvalue weighted by Gasteiger charge is -2.31. The maximum Gasteiger partial charge on any atom is 0.333 e. The Morgan fingerprint density at radius 1 is 1.04 bits per heavy atom. The second-order valence-corrected chi connectivity index (χ2v) is 5.92. The predicted octanol–water partition coefficient (Wildman–Crippen LogP) is 0.991. The van der Waals surface area contributed by atoms with Crippen molar-refractivity contribution in [1.29, 1.82) is 0 Å². The molecule has 0 amide bonds. The Balaban J connectivity index is 4.91. The molecular formula is C17H28O7. The lowest BCUT2D eigenvalue weighted by Crippen LogP contribution is -2.39. The highest BCUT2D eigenvalue weighted by Crippen LogP contribution is 2.25. The fraction of sp³-hybridized carbons (Fsp3) is 0.647. The van der Waals surface area contributed by atoms with E-state index < -0.39 is 30.1 Å². The van der Waals surface area contributed by atoms with Crippen LogP contribution in [-0.4, -0.2) is 61.3 Å². The minimum Gasteiger partial charge on any atom is -0.462 e. The van der Waals surface area contributed by atoms with E-state index in [9.17, 15) is 14.7 Å². The van der Waals surface area contributed by atoms with Crippen LogP contribution in [-0.2, 0) is 23.8 Å². The van der Waals surface area contributed by atoms with Crippen LogP contribution in [0.1, 0.15) is 27.2 Å². The molecule has 2 N–H and O–H groups in total. The molecule has 1 unspecified atom stereocenters. The van der Waals surface area contributed by atoms with Gasteiger partial charge < -0.3 is 24.4 Å². The van der Waals surface area contributed by atoms with Gasteiger partial charge in [0, 0.05) is 11.1 Å². The monoisotopic (exact) mass is 344 g/mol. The van der Waals surface area contributed by atoms with Crippen LogP contribution in [0.3, 0.4) is 0 Å². The van der Waals surface area contributed by atoms with Crippen molar-refractivity contribution in [3.63, 3.8) is 0 Å². The van der Waals surface area contributed by atoms with E-state index in [1.807, 2.05) is 6.92 Å². The van der Waals surface area contributed by atoms with Gasteiger partial charge in [-0.15, -0.1) is 0 Å². The lowest BCUT2D eigenvalue weighted by molar-refractivity contribution is -0.154. The van der Waals surface area contributed by atoms with Gasteiger partial charge >= 0.3 is 11.9 Å². The second-order valence-electron chi connectivity index (χ2n) is 5.92. The Morgan fingerprint density at radius 3 is 1.83 bits per heavy atom. The number of aliphatic hydroxyl groups excluding tert-OH is 2. The fourth-order valence-electron chi connectivity index (χ4n) is 1.58. The molecule has 0 spiro atoms. The fourth-order valence-corrected chi connectivity index (χ4v) is 1.58. The van der Waals surface area contributed by atoms with E-state index in [1.54, 1.807) is 0 Å². The van der Waals surface area contributed by atoms with Crippen LogP contribution in [0.15, 0.2) is 24.3 Å². The molecule has 0 aliphatic carbocycles. The van der Waals surface area contributed by atoms with E-state index >= 15 is 0 Å². The molecule has 0 aliphatic rings. The van der Waals surface area contributed by atoms with E-state index in [2.05, 4.69) is 13.2 Å². The molecule has 138 valence electrons. The number of rotatable bonds is 12. The highest BCUT2D eigenvalue weighted by molar-refractivity contribution is 5.87.